The van der Waals surface area contributed by atoms with Crippen molar-refractivity contribution in [1.82, 2.24) is 4.90 Å². The van der Waals surface area contributed by atoms with Gasteiger partial charge in [-0.15, -0.1) is 0 Å². The summed E-state index contributed by atoms with van der Waals surface area (Å²) in [6.07, 6.45) is -3.06. The van der Waals surface area contributed by atoms with Crippen LogP contribution in [0.3, 0.4) is 0 Å². The Hall–Kier alpha value is -2.21. The van der Waals surface area contributed by atoms with E-state index >= 15 is 0 Å². The van der Waals surface area contributed by atoms with Gasteiger partial charge in [-0.05, 0) is 35.4 Å². The Balaban J connectivity index is 1.85. The van der Waals surface area contributed by atoms with Gasteiger partial charge in [0.1, 0.15) is 4.32 Å². The number of primary sulfonamides is 1. The molecular weight excluding hydrogens is 445 g/mol. The van der Waals surface area contributed by atoms with Crippen molar-refractivity contribution in [3.63, 3.8) is 0 Å². The standard InChI is InChI=1S/C18H13F3N2O3S3/c19-18(20,21)14-4-2-1-3-12(14)10-23-16(24)15(28-17(23)27)9-11-5-7-13(8-6-11)29(22,25)26/h1-9H,10H2,(H2,22,25,26)/b15-9-. The van der Waals surface area contributed by atoms with E-state index in [9.17, 15) is 26.4 Å². The quantitative estimate of drug-likeness (QED) is 0.558. The highest BCUT2D eigenvalue weighted by molar-refractivity contribution is 8.26. The molecule has 0 radical (unpaired) electrons. The SMILES string of the molecule is NS(=O)(=O)c1ccc(/C=C2\SC(=S)N(Cc3ccccc3C(F)(F)F)C2=O)cc1. The number of nitrogens with zero attached hydrogens (tertiary/aromatic N) is 1. The number of alkyl halides is 3. The fourth-order valence-corrected chi connectivity index (χ4v) is 4.42. The Labute approximate surface area is 174 Å². The van der Waals surface area contributed by atoms with Gasteiger partial charge in [-0.2, -0.15) is 13.2 Å². The van der Waals surface area contributed by atoms with Crippen molar-refractivity contribution < 1.29 is 26.4 Å². The normalized spacial score (nSPS) is 16.7. The Bertz CT molecular complexity index is 1110. The van der Waals surface area contributed by atoms with Crippen molar-refractivity contribution in [2.24, 2.45) is 5.14 Å². The number of carbonyl (C=O) groups excluding carboxylic acids is 1. The summed E-state index contributed by atoms with van der Waals surface area (Å²) in [6, 6.07) is 10.5. The molecule has 0 aromatic heterocycles. The van der Waals surface area contributed by atoms with E-state index in [1.54, 1.807) is 0 Å². The minimum atomic E-state index is -4.54. The number of hydrogen-bond acceptors (Lipinski definition) is 5. The van der Waals surface area contributed by atoms with Crippen LogP contribution >= 0.6 is 24.0 Å². The minimum Gasteiger partial charge on any atom is -0.288 e. The number of thiocarbonyl (C=S) groups is 1. The fourth-order valence-electron chi connectivity index (χ4n) is 2.65. The second-order valence-electron chi connectivity index (χ2n) is 6.04. The molecule has 1 aliphatic rings. The van der Waals surface area contributed by atoms with Crippen molar-refractivity contribution in [2.45, 2.75) is 17.6 Å². The molecule has 0 atom stereocenters. The molecule has 2 aromatic carbocycles. The molecule has 0 saturated carbocycles. The summed E-state index contributed by atoms with van der Waals surface area (Å²) in [5, 5.41) is 5.04. The molecule has 5 nitrogen and oxygen atoms in total. The lowest BCUT2D eigenvalue weighted by Gasteiger charge is -2.18. The predicted octanol–water partition coefficient (Wildman–Crippen LogP) is 3.75. The average Bonchev–Trinajstić information content (AvgIpc) is 2.88. The van der Waals surface area contributed by atoms with E-state index in [1.165, 1.54) is 48.5 Å². The highest BCUT2D eigenvalue weighted by atomic mass is 32.2. The molecule has 2 aromatic rings. The van der Waals surface area contributed by atoms with E-state index in [-0.39, 0.29) is 26.2 Å². The fraction of sp³-hybridized carbons (Fsp3) is 0.111. The van der Waals surface area contributed by atoms with E-state index in [1.807, 2.05) is 0 Å². The van der Waals surface area contributed by atoms with Gasteiger partial charge in [0.2, 0.25) is 10.0 Å². The molecule has 0 unspecified atom stereocenters. The van der Waals surface area contributed by atoms with Crippen LogP contribution < -0.4 is 5.14 Å². The van der Waals surface area contributed by atoms with E-state index in [4.69, 9.17) is 17.4 Å². The summed E-state index contributed by atoms with van der Waals surface area (Å²) in [6.45, 7) is -0.304. The monoisotopic (exact) mass is 458 g/mol. The number of rotatable bonds is 4. The van der Waals surface area contributed by atoms with Gasteiger partial charge in [-0.3, -0.25) is 9.69 Å². The van der Waals surface area contributed by atoms with Crippen LogP contribution in [0.2, 0.25) is 0 Å². The lowest BCUT2D eigenvalue weighted by Crippen LogP contribution is -2.28. The summed E-state index contributed by atoms with van der Waals surface area (Å²) >= 11 is 6.13. The van der Waals surface area contributed by atoms with Crippen LogP contribution in [0.25, 0.3) is 6.08 Å². The molecule has 1 heterocycles. The number of carbonyl (C=O) groups is 1. The van der Waals surface area contributed by atoms with Gasteiger partial charge >= 0.3 is 6.18 Å². The Kier molecular flexibility index (Phi) is 5.86. The van der Waals surface area contributed by atoms with Crippen LogP contribution in [-0.2, 0) is 27.5 Å². The molecular formula is C18H13F3N2O3S3. The average molecular weight is 459 g/mol. The topological polar surface area (TPSA) is 80.5 Å². The first-order valence-electron chi connectivity index (χ1n) is 8.00. The number of nitrogens with two attached hydrogens (primary N) is 1. The lowest BCUT2D eigenvalue weighted by molar-refractivity contribution is -0.138. The highest BCUT2D eigenvalue weighted by Crippen LogP contribution is 2.36. The number of sulfonamides is 1. The van der Waals surface area contributed by atoms with Crippen LogP contribution in [0, 0.1) is 0 Å². The molecule has 11 heteroatoms. The second kappa shape index (κ2) is 7.90. The smallest absolute Gasteiger partial charge is 0.288 e. The molecule has 29 heavy (non-hydrogen) atoms. The van der Waals surface area contributed by atoms with Crippen molar-refractivity contribution in [3.8, 4) is 0 Å². The molecule has 1 fully saturated rings. The summed E-state index contributed by atoms with van der Waals surface area (Å²) in [5.41, 5.74) is -0.361. The Morgan fingerprint density at radius 3 is 2.31 bits per heavy atom. The molecule has 0 aliphatic carbocycles. The summed E-state index contributed by atoms with van der Waals surface area (Å²) in [7, 11) is -3.84. The number of amides is 1. The molecule has 152 valence electrons. The first kappa shape index (κ1) is 21.5. The molecule has 2 N–H and O–H groups in total. The molecule has 1 saturated heterocycles. The highest BCUT2D eigenvalue weighted by Gasteiger charge is 2.36. The maximum absolute atomic E-state index is 13.2. The summed E-state index contributed by atoms with van der Waals surface area (Å²) in [5.74, 6) is -0.521. The van der Waals surface area contributed by atoms with Crippen molar-refractivity contribution in [3.05, 3.63) is 70.1 Å². The van der Waals surface area contributed by atoms with Crippen LogP contribution in [-0.4, -0.2) is 23.5 Å². The van der Waals surface area contributed by atoms with Gasteiger partial charge < -0.3 is 0 Å². The van der Waals surface area contributed by atoms with Crippen molar-refractivity contribution in [2.75, 3.05) is 0 Å². The number of halogens is 3. The lowest BCUT2D eigenvalue weighted by atomic mass is 10.1. The van der Waals surface area contributed by atoms with Crippen molar-refractivity contribution >= 4 is 50.3 Å². The Morgan fingerprint density at radius 1 is 1.10 bits per heavy atom. The maximum atomic E-state index is 13.2. The molecule has 0 bridgehead atoms. The van der Waals surface area contributed by atoms with Crippen LogP contribution in [0.1, 0.15) is 16.7 Å². The van der Waals surface area contributed by atoms with Crippen LogP contribution in [0.5, 0.6) is 0 Å². The number of benzene rings is 2. The van der Waals surface area contributed by atoms with Gasteiger partial charge in [0.25, 0.3) is 5.91 Å². The van der Waals surface area contributed by atoms with E-state index < -0.39 is 27.7 Å². The van der Waals surface area contributed by atoms with Gasteiger partial charge in [0.05, 0.1) is 21.9 Å². The largest absolute Gasteiger partial charge is 0.416 e. The zero-order chi connectivity index (χ0) is 21.4. The van der Waals surface area contributed by atoms with E-state index in [0.717, 1.165) is 22.7 Å². The zero-order valence-corrected chi connectivity index (χ0v) is 17.0. The first-order valence-corrected chi connectivity index (χ1v) is 10.8. The third kappa shape index (κ3) is 4.86. The van der Waals surface area contributed by atoms with Gasteiger partial charge in [0, 0.05) is 0 Å². The molecule has 0 spiro atoms. The summed E-state index contributed by atoms with van der Waals surface area (Å²) < 4.78 is 62.3. The Morgan fingerprint density at radius 2 is 1.72 bits per heavy atom. The third-order valence-electron chi connectivity index (χ3n) is 4.03. The van der Waals surface area contributed by atoms with E-state index in [2.05, 4.69) is 0 Å². The first-order chi connectivity index (χ1) is 13.5. The number of hydrogen-bond donors (Lipinski definition) is 1. The molecule has 3 rings (SSSR count). The van der Waals surface area contributed by atoms with Gasteiger partial charge in [0.15, 0.2) is 0 Å². The molecule has 1 aliphatic heterocycles. The van der Waals surface area contributed by atoms with Crippen LogP contribution in [0.15, 0.2) is 58.3 Å². The van der Waals surface area contributed by atoms with Gasteiger partial charge in [-0.25, -0.2) is 13.6 Å². The second-order valence-corrected chi connectivity index (χ2v) is 9.27. The summed E-state index contributed by atoms with van der Waals surface area (Å²) in [4.78, 5) is 13.9. The minimum absolute atomic E-state index is 0.0601. The van der Waals surface area contributed by atoms with Gasteiger partial charge in [-0.1, -0.05) is 54.3 Å². The van der Waals surface area contributed by atoms with Crippen LogP contribution in [0.4, 0.5) is 13.2 Å². The predicted molar refractivity (Wildman–Crippen MR) is 108 cm³/mol. The maximum Gasteiger partial charge on any atom is 0.416 e. The molecule has 1 amide bonds. The van der Waals surface area contributed by atoms with Crippen molar-refractivity contribution in [1.29, 1.82) is 0 Å². The van der Waals surface area contributed by atoms with E-state index in [0.29, 0.717) is 5.56 Å². The number of thioether (sulfide) groups is 1. The third-order valence-corrected chi connectivity index (χ3v) is 6.34. The zero-order valence-electron chi connectivity index (χ0n) is 14.5.